The Morgan fingerprint density at radius 1 is 1.13 bits per heavy atom. The topological polar surface area (TPSA) is 79.8 Å². The van der Waals surface area contributed by atoms with Crippen LogP contribution in [-0.4, -0.2) is 40.2 Å². The molecule has 0 aliphatic rings. The molecule has 0 saturated carbocycles. The lowest BCUT2D eigenvalue weighted by atomic mass is 10.1. The Morgan fingerprint density at radius 2 is 1.87 bits per heavy atom. The summed E-state index contributed by atoms with van der Waals surface area (Å²) in [5.74, 6) is 0.962. The summed E-state index contributed by atoms with van der Waals surface area (Å²) in [6.45, 7) is 4.54. The molecular formula is C21H28F2IN3O3S. The van der Waals surface area contributed by atoms with Gasteiger partial charge in [-0.2, -0.15) is 0 Å². The van der Waals surface area contributed by atoms with E-state index < -0.39 is 22.9 Å². The normalized spacial score (nSPS) is 11.7. The monoisotopic (exact) mass is 567 g/mol. The summed E-state index contributed by atoms with van der Waals surface area (Å²) < 4.78 is 53.1. The third-order valence-electron chi connectivity index (χ3n) is 4.14. The quantitative estimate of drug-likeness (QED) is 0.273. The van der Waals surface area contributed by atoms with Gasteiger partial charge in [-0.3, -0.25) is 0 Å². The molecule has 0 spiro atoms. The second-order valence-corrected chi connectivity index (χ2v) is 8.75. The van der Waals surface area contributed by atoms with Crippen LogP contribution < -0.4 is 15.4 Å². The number of benzene rings is 2. The minimum atomic E-state index is -3.25. The van der Waals surface area contributed by atoms with Gasteiger partial charge in [-0.25, -0.2) is 22.2 Å². The zero-order valence-corrected chi connectivity index (χ0v) is 20.8. The average molecular weight is 567 g/mol. The molecule has 172 valence electrons. The lowest BCUT2D eigenvalue weighted by molar-refractivity contribution is 0.0818. The lowest BCUT2D eigenvalue weighted by Crippen LogP contribution is -2.36. The zero-order valence-electron chi connectivity index (χ0n) is 17.7. The Balaban J connectivity index is 0.00000480. The molecule has 0 aromatic heterocycles. The van der Waals surface area contributed by atoms with Crippen LogP contribution in [0.15, 0.2) is 52.4 Å². The van der Waals surface area contributed by atoms with Gasteiger partial charge in [-0.15, -0.1) is 24.0 Å². The second-order valence-electron chi connectivity index (χ2n) is 6.77. The second kappa shape index (κ2) is 12.8. The maximum Gasteiger partial charge on any atom is 0.272 e. The minimum absolute atomic E-state index is 0. The summed E-state index contributed by atoms with van der Waals surface area (Å²) in [6.07, 6.45) is -1.33. The number of aliphatic imine (C=N–C) groups is 1. The molecule has 10 heteroatoms. The van der Waals surface area contributed by atoms with Crippen LogP contribution in [0.1, 0.15) is 23.6 Å². The van der Waals surface area contributed by atoms with Crippen LogP contribution in [0.2, 0.25) is 0 Å². The fraction of sp³-hybridized carbons (Fsp3) is 0.381. The maximum absolute atomic E-state index is 12.3. The van der Waals surface area contributed by atoms with Gasteiger partial charge in [0.05, 0.1) is 11.4 Å². The first-order valence-corrected chi connectivity index (χ1v) is 11.4. The summed E-state index contributed by atoms with van der Waals surface area (Å²) in [4.78, 5) is 4.83. The number of rotatable bonds is 9. The summed E-state index contributed by atoms with van der Waals surface area (Å²) in [6, 6.07) is 12.1. The lowest BCUT2D eigenvalue weighted by Gasteiger charge is -2.13. The fourth-order valence-corrected chi connectivity index (χ4v) is 3.79. The van der Waals surface area contributed by atoms with E-state index in [4.69, 9.17) is 4.74 Å². The van der Waals surface area contributed by atoms with Crippen LogP contribution >= 0.6 is 24.0 Å². The first-order valence-electron chi connectivity index (χ1n) is 9.50. The van der Waals surface area contributed by atoms with Gasteiger partial charge >= 0.3 is 0 Å². The molecule has 2 rings (SSSR count). The number of sulfone groups is 1. The van der Waals surface area contributed by atoms with Crippen molar-refractivity contribution < 1.29 is 21.9 Å². The van der Waals surface area contributed by atoms with Gasteiger partial charge in [-0.05, 0) is 48.7 Å². The molecule has 0 aliphatic carbocycles. The van der Waals surface area contributed by atoms with Gasteiger partial charge in [0.1, 0.15) is 12.4 Å². The van der Waals surface area contributed by atoms with Crippen molar-refractivity contribution in [1.29, 1.82) is 0 Å². The molecule has 2 aromatic rings. The van der Waals surface area contributed by atoms with Crippen molar-refractivity contribution in [3.63, 3.8) is 0 Å². The van der Waals surface area contributed by atoms with E-state index >= 15 is 0 Å². The Labute approximate surface area is 199 Å². The SMILES string of the molecule is CCNC(=NCc1cccc(OCC(F)F)c1)NCc1ccc(S(C)(=O)=O)c(C)c1.I. The number of hydrogen-bond donors (Lipinski definition) is 2. The summed E-state index contributed by atoms with van der Waals surface area (Å²) in [5.41, 5.74) is 2.44. The smallest absolute Gasteiger partial charge is 0.272 e. The van der Waals surface area contributed by atoms with Crippen LogP contribution in [-0.2, 0) is 22.9 Å². The van der Waals surface area contributed by atoms with Gasteiger partial charge in [0.25, 0.3) is 6.43 Å². The molecule has 0 heterocycles. The number of aryl methyl sites for hydroxylation is 1. The van der Waals surface area contributed by atoms with E-state index in [1.165, 1.54) is 6.26 Å². The molecule has 2 N–H and O–H groups in total. The Bertz CT molecular complexity index is 986. The van der Waals surface area contributed by atoms with E-state index in [1.807, 2.05) is 19.1 Å². The Morgan fingerprint density at radius 3 is 2.48 bits per heavy atom. The van der Waals surface area contributed by atoms with E-state index in [1.54, 1.807) is 37.3 Å². The van der Waals surface area contributed by atoms with Crippen molar-refractivity contribution in [3.8, 4) is 5.75 Å². The first kappa shape index (κ1) is 27.1. The molecule has 0 fully saturated rings. The standard InChI is InChI=1S/C21H27F2N3O3S.HI/c1-4-24-21(25-12-16-6-5-7-18(11-16)29-14-20(22)23)26-13-17-8-9-19(15(2)10-17)30(3,27)28;/h5-11,20H,4,12-14H2,1-3H3,(H2,24,25,26);1H. The van der Waals surface area contributed by atoms with Gasteiger partial charge in [0, 0.05) is 19.3 Å². The summed E-state index contributed by atoms with van der Waals surface area (Å²) in [7, 11) is -3.25. The number of guanidine groups is 1. The Hall–Kier alpha value is -1.95. The molecule has 0 bridgehead atoms. The number of nitrogens with one attached hydrogen (secondary N) is 2. The van der Waals surface area contributed by atoms with Crippen LogP contribution in [0, 0.1) is 6.92 Å². The third-order valence-corrected chi connectivity index (χ3v) is 5.39. The van der Waals surface area contributed by atoms with Crippen molar-refractivity contribution in [1.82, 2.24) is 10.6 Å². The van der Waals surface area contributed by atoms with Gasteiger partial charge < -0.3 is 15.4 Å². The minimum Gasteiger partial charge on any atom is -0.488 e. The first-order chi connectivity index (χ1) is 14.2. The molecule has 0 atom stereocenters. The van der Waals surface area contributed by atoms with E-state index in [0.717, 1.165) is 11.1 Å². The highest BCUT2D eigenvalue weighted by Crippen LogP contribution is 2.17. The molecule has 0 radical (unpaired) electrons. The number of nitrogens with zero attached hydrogens (tertiary/aromatic N) is 1. The van der Waals surface area contributed by atoms with Crippen LogP contribution in [0.25, 0.3) is 0 Å². The van der Waals surface area contributed by atoms with Crippen LogP contribution in [0.4, 0.5) is 8.78 Å². The summed E-state index contributed by atoms with van der Waals surface area (Å²) in [5, 5.41) is 6.35. The van der Waals surface area contributed by atoms with Gasteiger partial charge in [-0.1, -0.05) is 24.3 Å². The van der Waals surface area contributed by atoms with E-state index in [0.29, 0.717) is 41.8 Å². The fourth-order valence-electron chi connectivity index (χ4n) is 2.83. The molecule has 0 aliphatic heterocycles. The Kier molecular flexibility index (Phi) is 11.2. The highest BCUT2D eigenvalue weighted by Gasteiger charge is 2.11. The van der Waals surface area contributed by atoms with Crippen molar-refractivity contribution in [2.75, 3.05) is 19.4 Å². The van der Waals surface area contributed by atoms with Crippen LogP contribution in [0.3, 0.4) is 0 Å². The highest BCUT2D eigenvalue weighted by atomic mass is 127. The molecule has 2 aromatic carbocycles. The van der Waals surface area contributed by atoms with Crippen molar-refractivity contribution in [2.24, 2.45) is 4.99 Å². The molecule has 0 amide bonds. The number of ether oxygens (including phenoxy) is 1. The zero-order chi connectivity index (χ0) is 22.1. The largest absolute Gasteiger partial charge is 0.488 e. The van der Waals surface area contributed by atoms with E-state index in [9.17, 15) is 17.2 Å². The highest BCUT2D eigenvalue weighted by molar-refractivity contribution is 14.0. The van der Waals surface area contributed by atoms with E-state index in [-0.39, 0.29) is 24.0 Å². The number of halogens is 3. The van der Waals surface area contributed by atoms with Crippen molar-refractivity contribution in [2.45, 2.75) is 38.3 Å². The molecule has 0 saturated heterocycles. The predicted molar refractivity (Wildman–Crippen MR) is 129 cm³/mol. The van der Waals surface area contributed by atoms with Crippen molar-refractivity contribution in [3.05, 3.63) is 59.2 Å². The van der Waals surface area contributed by atoms with Crippen LogP contribution in [0.5, 0.6) is 5.75 Å². The predicted octanol–water partition coefficient (Wildman–Crippen LogP) is 3.92. The van der Waals surface area contributed by atoms with Crippen molar-refractivity contribution >= 4 is 39.8 Å². The number of hydrogen-bond acceptors (Lipinski definition) is 4. The van der Waals surface area contributed by atoms with Gasteiger partial charge in [0.15, 0.2) is 15.8 Å². The molecular weight excluding hydrogens is 539 g/mol. The van der Waals surface area contributed by atoms with Gasteiger partial charge in [0.2, 0.25) is 0 Å². The average Bonchev–Trinajstić information content (AvgIpc) is 2.68. The maximum atomic E-state index is 12.3. The molecule has 31 heavy (non-hydrogen) atoms. The van der Waals surface area contributed by atoms with E-state index in [2.05, 4.69) is 15.6 Å². The molecule has 6 nitrogen and oxygen atoms in total. The molecule has 0 unspecified atom stereocenters. The third kappa shape index (κ3) is 9.38. The number of alkyl halides is 2. The summed E-state index contributed by atoms with van der Waals surface area (Å²) >= 11 is 0.